The molecule has 1 heterocycles. The molecule has 0 amide bonds. The lowest BCUT2D eigenvalue weighted by Gasteiger charge is -1.96. The van der Waals surface area contributed by atoms with E-state index >= 15 is 0 Å². The second kappa shape index (κ2) is 3.21. The molecule has 0 aliphatic rings. The Morgan fingerprint density at radius 3 is 3.00 bits per heavy atom. The van der Waals surface area contributed by atoms with Crippen LogP contribution in [0.4, 0.5) is 4.39 Å². The number of aromatic amines is 1. The van der Waals surface area contributed by atoms with Crippen molar-refractivity contribution in [1.82, 2.24) is 4.98 Å². The van der Waals surface area contributed by atoms with Crippen molar-refractivity contribution in [2.45, 2.75) is 19.8 Å². The first kappa shape index (κ1) is 8.30. The Balaban J connectivity index is 2.64. The molecule has 0 aliphatic heterocycles. The minimum Gasteiger partial charge on any atom is -0.361 e. The molecular weight excluding hydrogens is 165 g/mol. The molecule has 0 bridgehead atoms. The maximum absolute atomic E-state index is 13.4. The average molecular weight is 177 g/mol. The Morgan fingerprint density at radius 2 is 2.23 bits per heavy atom. The molecule has 0 unspecified atom stereocenters. The summed E-state index contributed by atoms with van der Waals surface area (Å²) < 4.78 is 13.4. The number of aryl methyl sites for hydroxylation is 1. The van der Waals surface area contributed by atoms with E-state index in [0.29, 0.717) is 0 Å². The molecule has 0 saturated carbocycles. The van der Waals surface area contributed by atoms with Crippen LogP contribution in [0.5, 0.6) is 0 Å². The van der Waals surface area contributed by atoms with E-state index < -0.39 is 0 Å². The van der Waals surface area contributed by atoms with Crippen molar-refractivity contribution in [3.63, 3.8) is 0 Å². The summed E-state index contributed by atoms with van der Waals surface area (Å²) >= 11 is 0. The molecule has 1 aromatic heterocycles. The van der Waals surface area contributed by atoms with E-state index in [1.54, 1.807) is 6.07 Å². The standard InChI is InChI=1S/C11H12FN/c1-2-4-8-7-13-10-6-3-5-9(12)11(8)10/h3,5-7,13H,2,4H2,1H3. The van der Waals surface area contributed by atoms with Gasteiger partial charge >= 0.3 is 0 Å². The van der Waals surface area contributed by atoms with Crippen LogP contribution >= 0.6 is 0 Å². The van der Waals surface area contributed by atoms with Crippen LogP contribution in [0.15, 0.2) is 24.4 Å². The number of halogens is 1. The third kappa shape index (κ3) is 1.32. The van der Waals surface area contributed by atoms with E-state index in [9.17, 15) is 4.39 Å². The van der Waals surface area contributed by atoms with Gasteiger partial charge in [-0.25, -0.2) is 4.39 Å². The van der Waals surface area contributed by atoms with Gasteiger partial charge in [0, 0.05) is 17.1 Å². The van der Waals surface area contributed by atoms with Crippen molar-refractivity contribution in [3.05, 3.63) is 35.8 Å². The predicted octanol–water partition coefficient (Wildman–Crippen LogP) is 3.26. The highest BCUT2D eigenvalue weighted by Gasteiger charge is 2.06. The van der Waals surface area contributed by atoms with Crippen molar-refractivity contribution in [2.75, 3.05) is 0 Å². The summed E-state index contributed by atoms with van der Waals surface area (Å²) in [6.07, 6.45) is 3.87. The lowest BCUT2D eigenvalue weighted by Crippen LogP contribution is -1.82. The lowest BCUT2D eigenvalue weighted by molar-refractivity contribution is 0.639. The van der Waals surface area contributed by atoms with Crippen molar-refractivity contribution in [3.8, 4) is 0 Å². The summed E-state index contributed by atoms with van der Waals surface area (Å²) in [6.45, 7) is 2.10. The number of nitrogens with one attached hydrogen (secondary N) is 1. The van der Waals surface area contributed by atoms with Gasteiger partial charge in [-0.2, -0.15) is 0 Å². The number of aromatic nitrogens is 1. The topological polar surface area (TPSA) is 15.8 Å². The molecule has 0 spiro atoms. The molecule has 1 N–H and O–H groups in total. The molecule has 2 heteroatoms. The first-order valence-corrected chi connectivity index (χ1v) is 4.57. The van der Waals surface area contributed by atoms with Crippen molar-refractivity contribution in [1.29, 1.82) is 0 Å². The van der Waals surface area contributed by atoms with E-state index in [2.05, 4.69) is 11.9 Å². The summed E-state index contributed by atoms with van der Waals surface area (Å²) in [5, 5.41) is 0.754. The normalized spacial score (nSPS) is 10.9. The van der Waals surface area contributed by atoms with Gasteiger partial charge in [0.2, 0.25) is 0 Å². The van der Waals surface area contributed by atoms with Crippen molar-refractivity contribution in [2.24, 2.45) is 0 Å². The fourth-order valence-corrected chi connectivity index (χ4v) is 1.67. The molecule has 68 valence electrons. The smallest absolute Gasteiger partial charge is 0.132 e. The fourth-order valence-electron chi connectivity index (χ4n) is 1.67. The van der Waals surface area contributed by atoms with Gasteiger partial charge in [0.25, 0.3) is 0 Å². The highest BCUT2D eigenvalue weighted by Crippen LogP contribution is 2.22. The van der Waals surface area contributed by atoms with Crippen LogP contribution in [0.25, 0.3) is 10.9 Å². The monoisotopic (exact) mass is 177 g/mol. The average Bonchev–Trinajstić information content (AvgIpc) is 2.51. The largest absolute Gasteiger partial charge is 0.361 e. The van der Waals surface area contributed by atoms with Crippen LogP contribution in [0.3, 0.4) is 0 Å². The Bertz CT molecular complexity index is 417. The molecular formula is C11H12FN. The number of hydrogen-bond donors (Lipinski definition) is 1. The molecule has 0 aliphatic carbocycles. The van der Waals surface area contributed by atoms with Crippen molar-refractivity contribution >= 4 is 10.9 Å². The van der Waals surface area contributed by atoms with Crippen LogP contribution in [0.1, 0.15) is 18.9 Å². The minimum atomic E-state index is -0.123. The zero-order valence-electron chi connectivity index (χ0n) is 7.60. The quantitative estimate of drug-likeness (QED) is 0.724. The molecule has 2 aromatic rings. The molecule has 13 heavy (non-hydrogen) atoms. The van der Waals surface area contributed by atoms with Gasteiger partial charge in [0.1, 0.15) is 5.82 Å². The Kier molecular flexibility index (Phi) is 2.05. The third-order valence-electron chi connectivity index (χ3n) is 2.26. The van der Waals surface area contributed by atoms with Crippen LogP contribution in [-0.2, 0) is 6.42 Å². The van der Waals surface area contributed by atoms with Crippen LogP contribution < -0.4 is 0 Å². The fraction of sp³-hybridized carbons (Fsp3) is 0.273. The van der Waals surface area contributed by atoms with Crippen LogP contribution in [0, 0.1) is 5.82 Å². The van der Waals surface area contributed by atoms with Gasteiger partial charge in [0.15, 0.2) is 0 Å². The van der Waals surface area contributed by atoms with Crippen LogP contribution in [-0.4, -0.2) is 4.98 Å². The summed E-state index contributed by atoms with van der Waals surface area (Å²) in [6, 6.07) is 5.14. The zero-order chi connectivity index (χ0) is 9.26. The van der Waals surface area contributed by atoms with Gasteiger partial charge in [-0.3, -0.25) is 0 Å². The minimum absolute atomic E-state index is 0.123. The summed E-state index contributed by atoms with van der Waals surface area (Å²) in [5.41, 5.74) is 1.97. The molecule has 0 fully saturated rings. The first-order valence-electron chi connectivity index (χ1n) is 4.57. The number of hydrogen-bond acceptors (Lipinski definition) is 0. The van der Waals surface area contributed by atoms with Gasteiger partial charge in [0.05, 0.1) is 0 Å². The van der Waals surface area contributed by atoms with Gasteiger partial charge in [-0.15, -0.1) is 0 Å². The second-order valence-corrected chi connectivity index (χ2v) is 3.23. The van der Waals surface area contributed by atoms with E-state index in [4.69, 9.17) is 0 Å². The number of fused-ring (bicyclic) bond motifs is 1. The molecule has 0 saturated heterocycles. The first-order chi connectivity index (χ1) is 6.33. The molecule has 2 rings (SSSR count). The number of H-pyrrole nitrogens is 1. The van der Waals surface area contributed by atoms with E-state index in [-0.39, 0.29) is 5.82 Å². The zero-order valence-corrected chi connectivity index (χ0v) is 7.60. The van der Waals surface area contributed by atoms with E-state index in [1.165, 1.54) is 6.07 Å². The Hall–Kier alpha value is -1.31. The molecule has 0 radical (unpaired) electrons. The third-order valence-corrected chi connectivity index (χ3v) is 2.26. The SMILES string of the molecule is CCCc1c[nH]c2cccc(F)c12. The number of rotatable bonds is 2. The highest BCUT2D eigenvalue weighted by molar-refractivity contribution is 5.83. The van der Waals surface area contributed by atoms with E-state index in [1.807, 2.05) is 12.3 Å². The lowest BCUT2D eigenvalue weighted by atomic mass is 10.1. The maximum Gasteiger partial charge on any atom is 0.132 e. The molecule has 1 nitrogen and oxygen atoms in total. The summed E-state index contributed by atoms with van der Waals surface area (Å²) in [7, 11) is 0. The molecule has 1 aromatic carbocycles. The van der Waals surface area contributed by atoms with Gasteiger partial charge in [-0.05, 0) is 24.1 Å². The van der Waals surface area contributed by atoms with Gasteiger partial charge < -0.3 is 4.98 Å². The highest BCUT2D eigenvalue weighted by atomic mass is 19.1. The van der Waals surface area contributed by atoms with Gasteiger partial charge in [-0.1, -0.05) is 19.4 Å². The summed E-state index contributed by atoms with van der Waals surface area (Å²) in [4.78, 5) is 3.07. The van der Waals surface area contributed by atoms with Crippen molar-refractivity contribution < 1.29 is 4.39 Å². The number of benzene rings is 1. The predicted molar refractivity (Wildman–Crippen MR) is 52.3 cm³/mol. The summed E-state index contributed by atoms with van der Waals surface area (Å²) in [5.74, 6) is -0.123. The Morgan fingerprint density at radius 1 is 1.38 bits per heavy atom. The van der Waals surface area contributed by atoms with E-state index in [0.717, 1.165) is 29.3 Å². The second-order valence-electron chi connectivity index (χ2n) is 3.23. The van der Waals surface area contributed by atoms with Crippen LogP contribution in [0.2, 0.25) is 0 Å². The maximum atomic E-state index is 13.4. The Labute approximate surface area is 76.6 Å². The molecule has 0 atom stereocenters.